The minimum atomic E-state index is -0.824. The van der Waals surface area contributed by atoms with Crippen molar-refractivity contribution in [3.05, 3.63) is 46.2 Å². The number of ketones is 1. The van der Waals surface area contributed by atoms with Crippen LogP contribution >= 0.6 is 11.3 Å². The summed E-state index contributed by atoms with van der Waals surface area (Å²) in [4.78, 5) is 24.3. The van der Waals surface area contributed by atoms with Crippen molar-refractivity contribution in [2.45, 2.75) is 58.5 Å². The summed E-state index contributed by atoms with van der Waals surface area (Å²) in [5.74, 6) is -0.544. The summed E-state index contributed by atoms with van der Waals surface area (Å²) >= 11 is 1.68. The van der Waals surface area contributed by atoms with E-state index in [1.807, 2.05) is 31.2 Å². The molecule has 5 nitrogen and oxygen atoms in total. The number of carboxylic acid groups (broad SMARTS) is 1. The Kier molecular flexibility index (Phi) is 10.0. The van der Waals surface area contributed by atoms with Crippen LogP contribution in [0.1, 0.15) is 50.0 Å². The van der Waals surface area contributed by atoms with Crippen molar-refractivity contribution in [3.8, 4) is 11.1 Å². The zero-order chi connectivity index (χ0) is 21.1. The quantitative estimate of drug-likeness (QED) is 0.401. The number of hydrogen-bond acceptors (Lipinski definition) is 5. The van der Waals surface area contributed by atoms with E-state index in [1.54, 1.807) is 11.3 Å². The Morgan fingerprint density at radius 2 is 1.86 bits per heavy atom. The molecule has 3 N–H and O–H groups in total. The molecular formula is C23H32N2O3S. The molecule has 0 aliphatic carbocycles. The second kappa shape index (κ2) is 12.5. The van der Waals surface area contributed by atoms with Crippen LogP contribution in [0.3, 0.4) is 0 Å². The van der Waals surface area contributed by atoms with Crippen molar-refractivity contribution >= 4 is 23.1 Å². The highest BCUT2D eigenvalue weighted by atomic mass is 32.1. The van der Waals surface area contributed by atoms with Gasteiger partial charge in [-0.25, -0.2) is 0 Å². The molecule has 0 bridgehead atoms. The van der Waals surface area contributed by atoms with Gasteiger partial charge < -0.3 is 15.7 Å². The molecule has 0 amide bonds. The van der Waals surface area contributed by atoms with Crippen molar-refractivity contribution in [3.63, 3.8) is 0 Å². The number of rotatable bonds is 14. The number of thiophene rings is 1. The van der Waals surface area contributed by atoms with Crippen LogP contribution in [-0.4, -0.2) is 36.0 Å². The summed E-state index contributed by atoms with van der Waals surface area (Å²) in [7, 11) is 0. The van der Waals surface area contributed by atoms with E-state index in [-0.39, 0.29) is 5.78 Å². The van der Waals surface area contributed by atoms with Crippen LogP contribution in [0.15, 0.2) is 35.7 Å². The highest BCUT2D eigenvalue weighted by Crippen LogP contribution is 2.26. The van der Waals surface area contributed by atoms with Gasteiger partial charge in [0, 0.05) is 17.8 Å². The molecule has 29 heavy (non-hydrogen) atoms. The van der Waals surface area contributed by atoms with E-state index in [4.69, 9.17) is 0 Å². The molecule has 2 aromatic rings. The molecule has 6 heteroatoms. The van der Waals surface area contributed by atoms with Gasteiger partial charge in [0.25, 0.3) is 0 Å². The first-order valence-corrected chi connectivity index (χ1v) is 11.3. The second-order valence-corrected chi connectivity index (χ2v) is 8.25. The molecule has 0 fully saturated rings. The molecular weight excluding hydrogens is 384 g/mol. The molecule has 1 aromatic heterocycles. The third kappa shape index (κ3) is 8.09. The van der Waals surface area contributed by atoms with Gasteiger partial charge in [-0.2, -0.15) is 0 Å². The topological polar surface area (TPSA) is 78.4 Å². The molecule has 1 heterocycles. The smallest absolute Gasteiger partial charge is 0.321 e. The number of aliphatic carboxylic acids is 1. The lowest BCUT2D eigenvalue weighted by Gasteiger charge is -2.13. The van der Waals surface area contributed by atoms with Gasteiger partial charge in [-0.1, -0.05) is 51.0 Å². The van der Waals surface area contributed by atoms with Gasteiger partial charge in [0.1, 0.15) is 11.8 Å². The van der Waals surface area contributed by atoms with E-state index >= 15 is 0 Å². The van der Waals surface area contributed by atoms with Crippen molar-refractivity contribution in [1.29, 1.82) is 0 Å². The molecule has 0 saturated carbocycles. The van der Waals surface area contributed by atoms with E-state index in [2.05, 4.69) is 29.0 Å². The lowest BCUT2D eigenvalue weighted by Crippen LogP contribution is -2.38. The lowest BCUT2D eigenvalue weighted by molar-refractivity contribution is -0.139. The third-order valence-corrected chi connectivity index (χ3v) is 5.75. The summed E-state index contributed by atoms with van der Waals surface area (Å²) in [6.45, 7) is 5.81. The highest BCUT2D eigenvalue weighted by Gasteiger charge is 2.16. The Morgan fingerprint density at radius 3 is 2.52 bits per heavy atom. The Morgan fingerprint density at radius 1 is 1.10 bits per heavy atom. The Bertz CT molecular complexity index is 771. The SMILES string of the molecule is CCCCCC(=O)CNCc1cc(-c2ccc(C[C@H](NCC)C(=O)O)cc2)cs1. The number of carbonyl (C=O) groups is 2. The van der Waals surface area contributed by atoms with Crippen molar-refractivity contribution in [2.75, 3.05) is 13.1 Å². The van der Waals surface area contributed by atoms with E-state index in [9.17, 15) is 14.7 Å². The number of nitrogens with one attached hydrogen (secondary N) is 2. The Labute approximate surface area is 177 Å². The first-order valence-electron chi connectivity index (χ1n) is 10.4. The maximum absolute atomic E-state index is 11.8. The average Bonchev–Trinajstić information content (AvgIpc) is 3.17. The molecule has 1 aromatic carbocycles. The normalized spacial score (nSPS) is 12.1. The van der Waals surface area contributed by atoms with E-state index in [1.165, 1.54) is 4.88 Å². The minimum Gasteiger partial charge on any atom is -0.480 e. The Hall–Kier alpha value is -2.02. The van der Waals surface area contributed by atoms with Crippen LogP contribution < -0.4 is 10.6 Å². The monoisotopic (exact) mass is 416 g/mol. The molecule has 0 saturated heterocycles. The lowest BCUT2D eigenvalue weighted by atomic mass is 10.0. The average molecular weight is 417 g/mol. The van der Waals surface area contributed by atoms with Crippen LogP contribution in [0.5, 0.6) is 0 Å². The molecule has 0 aliphatic heterocycles. The van der Waals surface area contributed by atoms with Gasteiger partial charge in [0.05, 0.1) is 6.54 Å². The molecule has 0 aliphatic rings. The number of hydrogen-bond donors (Lipinski definition) is 3. The molecule has 0 unspecified atom stereocenters. The van der Waals surface area contributed by atoms with Gasteiger partial charge in [0.15, 0.2) is 0 Å². The maximum Gasteiger partial charge on any atom is 0.321 e. The number of unbranched alkanes of at least 4 members (excludes halogenated alkanes) is 2. The van der Waals surface area contributed by atoms with Crippen LogP contribution in [0.4, 0.5) is 0 Å². The number of Topliss-reactive ketones (excluding diaryl/α,β-unsaturated/α-hetero) is 1. The van der Waals surface area contributed by atoms with Crippen LogP contribution in [0.25, 0.3) is 11.1 Å². The van der Waals surface area contributed by atoms with Gasteiger partial charge in [-0.3, -0.25) is 9.59 Å². The first kappa shape index (κ1) is 23.3. The van der Waals surface area contributed by atoms with Gasteiger partial charge in [-0.15, -0.1) is 11.3 Å². The zero-order valence-corrected chi connectivity index (χ0v) is 18.2. The first-order chi connectivity index (χ1) is 14.0. The van der Waals surface area contributed by atoms with Crippen LogP contribution in [0.2, 0.25) is 0 Å². The number of carboxylic acids is 1. The third-order valence-electron chi connectivity index (χ3n) is 4.81. The summed E-state index contributed by atoms with van der Waals surface area (Å²) in [6.07, 6.45) is 4.37. The largest absolute Gasteiger partial charge is 0.480 e. The fourth-order valence-corrected chi connectivity index (χ4v) is 4.04. The van der Waals surface area contributed by atoms with E-state index in [0.717, 1.165) is 36.0 Å². The van der Waals surface area contributed by atoms with E-state index < -0.39 is 12.0 Å². The van der Waals surface area contributed by atoms with Crippen LogP contribution in [-0.2, 0) is 22.6 Å². The van der Waals surface area contributed by atoms with E-state index in [0.29, 0.717) is 32.5 Å². The van der Waals surface area contributed by atoms with Gasteiger partial charge in [0.2, 0.25) is 0 Å². The minimum absolute atomic E-state index is 0.281. The van der Waals surface area contributed by atoms with Crippen molar-refractivity contribution in [1.82, 2.24) is 10.6 Å². The summed E-state index contributed by atoms with van der Waals surface area (Å²) in [5, 5.41) is 17.6. The highest BCUT2D eigenvalue weighted by molar-refractivity contribution is 7.10. The zero-order valence-electron chi connectivity index (χ0n) is 17.4. The van der Waals surface area contributed by atoms with Crippen molar-refractivity contribution in [2.24, 2.45) is 0 Å². The Balaban J connectivity index is 1.85. The number of likely N-dealkylation sites (N-methyl/N-ethyl adjacent to an activating group) is 1. The predicted molar refractivity (Wildman–Crippen MR) is 119 cm³/mol. The van der Waals surface area contributed by atoms with Crippen LogP contribution in [0, 0.1) is 0 Å². The number of carbonyl (C=O) groups excluding carboxylic acids is 1. The number of benzene rings is 1. The second-order valence-electron chi connectivity index (χ2n) is 7.25. The molecule has 158 valence electrons. The van der Waals surface area contributed by atoms with Crippen molar-refractivity contribution < 1.29 is 14.7 Å². The molecule has 0 radical (unpaired) electrons. The van der Waals surface area contributed by atoms with Gasteiger partial charge in [-0.05, 0) is 47.5 Å². The summed E-state index contributed by atoms with van der Waals surface area (Å²) in [5.41, 5.74) is 3.26. The van der Waals surface area contributed by atoms with Gasteiger partial charge >= 0.3 is 5.97 Å². The fourth-order valence-electron chi connectivity index (χ4n) is 3.17. The summed E-state index contributed by atoms with van der Waals surface area (Å²) < 4.78 is 0. The fraction of sp³-hybridized carbons (Fsp3) is 0.478. The molecule has 2 rings (SSSR count). The molecule has 0 spiro atoms. The predicted octanol–water partition coefficient (Wildman–Crippen LogP) is 4.26. The summed E-state index contributed by atoms with van der Waals surface area (Å²) in [6, 6.07) is 9.65. The standard InChI is InChI=1S/C23H32N2O3S/c1-3-5-6-7-20(26)14-24-15-21-13-19(16-29-21)18-10-8-17(9-11-18)12-22(23(27)28)25-4-2/h8-11,13,16,22,24-25H,3-7,12,14-15H2,1-2H3,(H,27,28)/t22-/m0/s1. The molecule has 1 atom stereocenters. The maximum atomic E-state index is 11.8.